The van der Waals surface area contributed by atoms with Crippen LogP contribution in [-0.4, -0.2) is 66.5 Å². The van der Waals surface area contributed by atoms with E-state index in [1.807, 2.05) is 34.1 Å². The number of aryl methyl sites for hydroxylation is 1. The van der Waals surface area contributed by atoms with Gasteiger partial charge in [-0.25, -0.2) is 0 Å². The third-order valence-corrected chi connectivity index (χ3v) is 5.87. The summed E-state index contributed by atoms with van der Waals surface area (Å²) in [5.41, 5.74) is 1.25. The van der Waals surface area contributed by atoms with Crippen molar-refractivity contribution in [2.24, 2.45) is 5.92 Å². The second-order valence-corrected chi connectivity index (χ2v) is 7.98. The number of rotatable bonds is 5. The van der Waals surface area contributed by atoms with Gasteiger partial charge in [0.25, 0.3) is 5.91 Å². The van der Waals surface area contributed by atoms with Gasteiger partial charge in [-0.1, -0.05) is 19.1 Å². The fraction of sp³-hybridized carbons (Fsp3) is 0.636. The summed E-state index contributed by atoms with van der Waals surface area (Å²) in [6.45, 7) is 9.32. The highest BCUT2D eigenvalue weighted by Gasteiger charge is 2.32. The quantitative estimate of drug-likeness (QED) is 0.790. The first-order chi connectivity index (χ1) is 13.5. The number of ether oxygens (including phenoxy) is 1. The molecule has 1 aromatic rings. The lowest BCUT2D eigenvalue weighted by molar-refractivity contribution is -0.145. The number of piperazine rings is 1. The second kappa shape index (κ2) is 10.8. The monoisotopic (exact) mass is 423 g/mol. The lowest BCUT2D eigenvalue weighted by atomic mass is 9.92. The maximum absolute atomic E-state index is 12.8. The van der Waals surface area contributed by atoms with Gasteiger partial charge in [-0.05, 0) is 57.4 Å². The fourth-order valence-corrected chi connectivity index (χ4v) is 4.08. The van der Waals surface area contributed by atoms with Crippen molar-refractivity contribution in [1.29, 1.82) is 0 Å². The average Bonchev–Trinajstić information content (AvgIpc) is 2.73. The summed E-state index contributed by atoms with van der Waals surface area (Å²) in [6, 6.07) is 8.28. The number of amides is 2. The van der Waals surface area contributed by atoms with E-state index < -0.39 is 6.10 Å². The zero-order valence-electron chi connectivity index (χ0n) is 17.7. The SMILES string of the molecule is CCc1ccc(OC(C)C(=O)N2CCN(C(=O)[C@H]3CCN[C@@H](C)C3)CC2)cc1.Cl. The zero-order chi connectivity index (χ0) is 20.1. The molecule has 0 radical (unpaired) electrons. The van der Waals surface area contributed by atoms with Crippen molar-refractivity contribution in [3.8, 4) is 5.75 Å². The van der Waals surface area contributed by atoms with Crippen molar-refractivity contribution in [3.63, 3.8) is 0 Å². The summed E-state index contributed by atoms with van der Waals surface area (Å²) in [5, 5.41) is 3.39. The number of hydrogen-bond donors (Lipinski definition) is 1. The van der Waals surface area contributed by atoms with Crippen LogP contribution in [0, 0.1) is 5.92 Å². The predicted octanol–water partition coefficient (Wildman–Crippen LogP) is 2.50. The molecule has 2 aliphatic rings. The lowest BCUT2D eigenvalue weighted by Crippen LogP contribution is -2.55. The number of benzene rings is 1. The topological polar surface area (TPSA) is 61.9 Å². The number of carbonyl (C=O) groups is 2. The van der Waals surface area contributed by atoms with Crippen LogP contribution >= 0.6 is 12.4 Å². The van der Waals surface area contributed by atoms with Gasteiger partial charge < -0.3 is 19.9 Å². The molecule has 2 saturated heterocycles. The second-order valence-electron chi connectivity index (χ2n) is 7.98. The Labute approximate surface area is 180 Å². The molecular formula is C22H34ClN3O3. The molecule has 7 heteroatoms. The Morgan fingerprint density at radius 2 is 1.76 bits per heavy atom. The highest BCUT2D eigenvalue weighted by molar-refractivity contribution is 5.85. The summed E-state index contributed by atoms with van der Waals surface area (Å²) < 4.78 is 5.83. The molecule has 6 nitrogen and oxygen atoms in total. The predicted molar refractivity (Wildman–Crippen MR) is 117 cm³/mol. The van der Waals surface area contributed by atoms with Gasteiger partial charge in [-0.2, -0.15) is 0 Å². The highest BCUT2D eigenvalue weighted by Crippen LogP contribution is 2.20. The third kappa shape index (κ3) is 6.09. The Hall–Kier alpha value is -1.79. The molecule has 0 saturated carbocycles. The molecule has 0 aromatic heterocycles. The molecule has 162 valence electrons. The first-order valence-corrected chi connectivity index (χ1v) is 10.5. The summed E-state index contributed by atoms with van der Waals surface area (Å²) >= 11 is 0. The molecule has 0 bridgehead atoms. The van der Waals surface area contributed by atoms with Crippen molar-refractivity contribution >= 4 is 24.2 Å². The van der Waals surface area contributed by atoms with E-state index in [-0.39, 0.29) is 30.1 Å². The van der Waals surface area contributed by atoms with E-state index in [0.29, 0.717) is 38.0 Å². The summed E-state index contributed by atoms with van der Waals surface area (Å²) in [6.07, 6.45) is 2.26. The number of nitrogens with zero attached hydrogens (tertiary/aromatic N) is 2. The molecule has 2 amide bonds. The Morgan fingerprint density at radius 3 is 2.34 bits per heavy atom. The molecule has 1 N–H and O–H groups in total. The first kappa shape index (κ1) is 23.5. The van der Waals surface area contributed by atoms with Crippen LogP contribution in [0.1, 0.15) is 39.2 Å². The van der Waals surface area contributed by atoms with Crippen molar-refractivity contribution in [2.75, 3.05) is 32.7 Å². The van der Waals surface area contributed by atoms with E-state index in [0.717, 1.165) is 25.8 Å². The molecular weight excluding hydrogens is 390 g/mol. The molecule has 1 aromatic carbocycles. The Bertz CT molecular complexity index is 674. The van der Waals surface area contributed by atoms with Gasteiger partial charge in [-0.3, -0.25) is 9.59 Å². The normalized spacial score (nSPS) is 23.1. The van der Waals surface area contributed by atoms with Gasteiger partial charge in [-0.15, -0.1) is 12.4 Å². The number of halogens is 1. The summed E-state index contributed by atoms with van der Waals surface area (Å²) in [4.78, 5) is 29.3. The minimum Gasteiger partial charge on any atom is -0.481 e. The minimum absolute atomic E-state index is 0. The van der Waals surface area contributed by atoms with Gasteiger partial charge in [0.05, 0.1) is 0 Å². The van der Waals surface area contributed by atoms with Gasteiger partial charge in [0.15, 0.2) is 6.10 Å². The van der Waals surface area contributed by atoms with Crippen LogP contribution in [0.4, 0.5) is 0 Å². The van der Waals surface area contributed by atoms with Crippen molar-refractivity contribution in [3.05, 3.63) is 29.8 Å². The van der Waals surface area contributed by atoms with E-state index in [2.05, 4.69) is 19.2 Å². The number of hydrogen-bond acceptors (Lipinski definition) is 4. The maximum Gasteiger partial charge on any atom is 0.263 e. The van der Waals surface area contributed by atoms with E-state index in [1.54, 1.807) is 6.92 Å². The van der Waals surface area contributed by atoms with Gasteiger partial charge in [0.1, 0.15) is 5.75 Å². The Morgan fingerprint density at radius 1 is 1.14 bits per heavy atom. The molecule has 0 spiro atoms. The Kier molecular flexibility index (Phi) is 8.78. The number of nitrogens with one attached hydrogen (secondary N) is 1. The van der Waals surface area contributed by atoms with Crippen LogP contribution in [0.3, 0.4) is 0 Å². The summed E-state index contributed by atoms with van der Waals surface area (Å²) in [7, 11) is 0. The van der Waals surface area contributed by atoms with Crippen molar-refractivity contribution in [1.82, 2.24) is 15.1 Å². The van der Waals surface area contributed by atoms with E-state index in [9.17, 15) is 9.59 Å². The smallest absolute Gasteiger partial charge is 0.263 e. The fourth-order valence-electron chi connectivity index (χ4n) is 4.08. The van der Waals surface area contributed by atoms with E-state index in [4.69, 9.17) is 4.74 Å². The summed E-state index contributed by atoms with van der Waals surface area (Å²) in [5.74, 6) is 1.07. The maximum atomic E-state index is 12.8. The van der Waals surface area contributed by atoms with Crippen LogP contribution < -0.4 is 10.1 Å². The molecule has 3 atom stereocenters. The van der Waals surface area contributed by atoms with Crippen LogP contribution in [-0.2, 0) is 16.0 Å². The molecule has 2 heterocycles. The number of piperidine rings is 1. The van der Waals surface area contributed by atoms with Gasteiger partial charge in [0.2, 0.25) is 5.91 Å². The average molecular weight is 424 g/mol. The van der Waals surface area contributed by atoms with E-state index >= 15 is 0 Å². The van der Waals surface area contributed by atoms with Gasteiger partial charge >= 0.3 is 0 Å². The molecule has 2 fully saturated rings. The largest absolute Gasteiger partial charge is 0.481 e. The Balaban J connectivity index is 0.00000300. The van der Waals surface area contributed by atoms with Crippen LogP contribution in [0.15, 0.2) is 24.3 Å². The van der Waals surface area contributed by atoms with Crippen molar-refractivity contribution in [2.45, 2.75) is 52.2 Å². The van der Waals surface area contributed by atoms with Crippen LogP contribution in [0.25, 0.3) is 0 Å². The zero-order valence-corrected chi connectivity index (χ0v) is 18.5. The molecule has 0 aliphatic carbocycles. The van der Waals surface area contributed by atoms with Crippen LogP contribution in [0.2, 0.25) is 0 Å². The number of carbonyl (C=O) groups excluding carboxylic acids is 2. The molecule has 29 heavy (non-hydrogen) atoms. The van der Waals surface area contributed by atoms with Crippen LogP contribution in [0.5, 0.6) is 5.75 Å². The first-order valence-electron chi connectivity index (χ1n) is 10.5. The van der Waals surface area contributed by atoms with Gasteiger partial charge in [0, 0.05) is 38.1 Å². The molecule has 1 unspecified atom stereocenters. The standard InChI is InChI=1S/C22H33N3O3.ClH/c1-4-18-5-7-20(8-6-18)28-17(3)21(26)24-11-13-25(14-12-24)22(27)19-9-10-23-16(2)15-19;/h5-8,16-17,19,23H,4,9-15H2,1-3H3;1H/t16-,17?,19-;/m0./s1. The third-order valence-electron chi connectivity index (χ3n) is 5.87. The van der Waals surface area contributed by atoms with Crippen molar-refractivity contribution < 1.29 is 14.3 Å². The molecule has 3 rings (SSSR count). The minimum atomic E-state index is -0.528. The van der Waals surface area contributed by atoms with E-state index in [1.165, 1.54) is 5.56 Å². The highest BCUT2D eigenvalue weighted by atomic mass is 35.5. The lowest BCUT2D eigenvalue weighted by Gasteiger charge is -2.38. The molecule has 2 aliphatic heterocycles.